The number of hydrogen-bond acceptors (Lipinski definition) is 2. The van der Waals surface area contributed by atoms with Crippen molar-refractivity contribution < 1.29 is 4.79 Å². The third-order valence-electron chi connectivity index (χ3n) is 4.02. The van der Waals surface area contributed by atoms with Crippen LogP contribution in [0.5, 0.6) is 0 Å². The Morgan fingerprint density at radius 3 is 3.05 bits per heavy atom. The molecule has 1 aliphatic heterocycles. The highest BCUT2D eigenvalue weighted by atomic mass is 16.2. The molecule has 0 radical (unpaired) electrons. The summed E-state index contributed by atoms with van der Waals surface area (Å²) < 4.78 is 0. The molecule has 20 heavy (non-hydrogen) atoms. The second-order valence-corrected chi connectivity index (χ2v) is 5.84. The molecule has 1 aromatic carbocycles. The maximum atomic E-state index is 12.7. The molecule has 2 heterocycles. The minimum Gasteiger partial charge on any atom is -0.361 e. The number of carbonyl (C=O) groups excluding carboxylic acids is 1. The van der Waals surface area contributed by atoms with Crippen LogP contribution < -0.4 is 0 Å². The number of hydrogen-bond donors (Lipinski definition) is 1. The Labute approximate surface area is 119 Å². The third kappa shape index (κ3) is 2.43. The van der Waals surface area contributed by atoms with Gasteiger partial charge in [-0.25, -0.2) is 0 Å². The van der Waals surface area contributed by atoms with Gasteiger partial charge < -0.3 is 14.8 Å². The first-order chi connectivity index (χ1) is 9.65. The standard InChI is InChI=1S/C16H21N3O/c1-18(2)11-14-4-3-9-19(14)16(20)13-6-5-12-7-8-17-15(12)10-13/h5-8,10,14,17H,3-4,9,11H2,1-2H3. The molecule has 106 valence electrons. The summed E-state index contributed by atoms with van der Waals surface area (Å²) in [4.78, 5) is 20.1. The molecule has 0 saturated carbocycles. The molecule has 0 bridgehead atoms. The molecule has 1 aromatic heterocycles. The van der Waals surface area contributed by atoms with Crippen LogP contribution in [0.3, 0.4) is 0 Å². The van der Waals surface area contributed by atoms with E-state index in [0.717, 1.165) is 42.4 Å². The average Bonchev–Trinajstić information content (AvgIpc) is 3.04. The number of nitrogens with one attached hydrogen (secondary N) is 1. The highest BCUT2D eigenvalue weighted by Crippen LogP contribution is 2.22. The normalized spacial score (nSPS) is 19.1. The zero-order valence-corrected chi connectivity index (χ0v) is 12.1. The fraction of sp³-hybridized carbons (Fsp3) is 0.438. The van der Waals surface area contributed by atoms with Gasteiger partial charge >= 0.3 is 0 Å². The number of aromatic nitrogens is 1. The number of aromatic amines is 1. The van der Waals surface area contributed by atoms with Crippen LogP contribution in [0.25, 0.3) is 10.9 Å². The summed E-state index contributed by atoms with van der Waals surface area (Å²) in [5, 5.41) is 1.15. The van der Waals surface area contributed by atoms with Crippen molar-refractivity contribution in [2.45, 2.75) is 18.9 Å². The van der Waals surface area contributed by atoms with Crippen LogP contribution in [-0.4, -0.2) is 53.9 Å². The Hall–Kier alpha value is -1.81. The number of likely N-dealkylation sites (tertiary alicyclic amines) is 1. The number of benzene rings is 1. The van der Waals surface area contributed by atoms with Crippen molar-refractivity contribution in [1.29, 1.82) is 0 Å². The van der Waals surface area contributed by atoms with E-state index in [2.05, 4.69) is 24.0 Å². The molecule has 4 nitrogen and oxygen atoms in total. The van der Waals surface area contributed by atoms with Crippen molar-refractivity contribution in [3.05, 3.63) is 36.0 Å². The van der Waals surface area contributed by atoms with Crippen molar-refractivity contribution in [2.75, 3.05) is 27.2 Å². The fourth-order valence-corrected chi connectivity index (χ4v) is 3.06. The van der Waals surface area contributed by atoms with E-state index in [-0.39, 0.29) is 5.91 Å². The van der Waals surface area contributed by atoms with Gasteiger partial charge in [0.05, 0.1) is 0 Å². The number of nitrogens with zero attached hydrogens (tertiary/aromatic N) is 2. The highest BCUT2D eigenvalue weighted by Gasteiger charge is 2.29. The van der Waals surface area contributed by atoms with E-state index in [1.54, 1.807) is 0 Å². The number of H-pyrrole nitrogens is 1. The Morgan fingerprint density at radius 1 is 1.40 bits per heavy atom. The second-order valence-electron chi connectivity index (χ2n) is 5.84. The van der Waals surface area contributed by atoms with Gasteiger partial charge in [0.25, 0.3) is 5.91 Å². The topological polar surface area (TPSA) is 39.3 Å². The third-order valence-corrected chi connectivity index (χ3v) is 4.02. The zero-order chi connectivity index (χ0) is 14.1. The molecule has 1 fully saturated rings. The lowest BCUT2D eigenvalue weighted by Crippen LogP contribution is -2.41. The summed E-state index contributed by atoms with van der Waals surface area (Å²) in [5.74, 6) is 0.158. The van der Waals surface area contributed by atoms with Gasteiger partial charge in [-0.1, -0.05) is 6.07 Å². The largest absolute Gasteiger partial charge is 0.361 e. The Morgan fingerprint density at radius 2 is 2.25 bits per heavy atom. The van der Waals surface area contributed by atoms with Crippen LogP contribution in [0.15, 0.2) is 30.5 Å². The zero-order valence-electron chi connectivity index (χ0n) is 12.1. The van der Waals surface area contributed by atoms with Gasteiger partial charge in [0.2, 0.25) is 0 Å². The average molecular weight is 271 g/mol. The Kier molecular flexibility index (Phi) is 3.49. The lowest BCUT2D eigenvalue weighted by Gasteiger charge is -2.27. The van der Waals surface area contributed by atoms with Crippen molar-refractivity contribution >= 4 is 16.8 Å². The summed E-state index contributed by atoms with van der Waals surface area (Å²) in [6, 6.07) is 8.27. The number of rotatable bonds is 3. The van der Waals surface area contributed by atoms with Crippen molar-refractivity contribution in [1.82, 2.24) is 14.8 Å². The number of likely N-dealkylation sites (N-methyl/N-ethyl adjacent to an activating group) is 1. The van der Waals surface area contributed by atoms with Crippen molar-refractivity contribution in [2.24, 2.45) is 0 Å². The van der Waals surface area contributed by atoms with Gasteiger partial charge in [-0.05, 0) is 50.5 Å². The number of fused-ring (bicyclic) bond motifs is 1. The summed E-state index contributed by atoms with van der Waals surface area (Å²) in [5.41, 5.74) is 1.81. The van der Waals surface area contributed by atoms with Crippen LogP contribution >= 0.6 is 0 Å². The number of carbonyl (C=O) groups is 1. The summed E-state index contributed by atoms with van der Waals surface area (Å²) in [6.45, 7) is 1.82. The summed E-state index contributed by atoms with van der Waals surface area (Å²) >= 11 is 0. The van der Waals surface area contributed by atoms with Gasteiger partial charge in [0.15, 0.2) is 0 Å². The van der Waals surface area contributed by atoms with Gasteiger partial charge in [0.1, 0.15) is 0 Å². The molecule has 4 heteroatoms. The van der Waals surface area contributed by atoms with Gasteiger partial charge in [-0.2, -0.15) is 0 Å². The summed E-state index contributed by atoms with van der Waals surface area (Å²) in [6.07, 6.45) is 4.12. The van der Waals surface area contributed by atoms with Crippen molar-refractivity contribution in [3.8, 4) is 0 Å². The smallest absolute Gasteiger partial charge is 0.254 e. The quantitative estimate of drug-likeness (QED) is 0.930. The molecular weight excluding hydrogens is 250 g/mol. The van der Waals surface area contributed by atoms with E-state index in [1.165, 1.54) is 0 Å². The predicted octanol–water partition coefficient (Wildman–Crippen LogP) is 2.33. The Balaban J connectivity index is 1.83. The van der Waals surface area contributed by atoms with Gasteiger partial charge in [0, 0.05) is 36.4 Å². The molecule has 0 aliphatic carbocycles. The molecule has 1 N–H and O–H groups in total. The van der Waals surface area contributed by atoms with Crippen molar-refractivity contribution in [3.63, 3.8) is 0 Å². The van der Waals surface area contributed by atoms with E-state index >= 15 is 0 Å². The van der Waals surface area contributed by atoms with Crippen LogP contribution in [0, 0.1) is 0 Å². The molecule has 2 aromatic rings. The van der Waals surface area contributed by atoms with Crippen LogP contribution in [0.4, 0.5) is 0 Å². The number of amides is 1. The molecule has 0 spiro atoms. The van der Waals surface area contributed by atoms with Gasteiger partial charge in [-0.15, -0.1) is 0 Å². The van der Waals surface area contributed by atoms with E-state index in [0.29, 0.717) is 6.04 Å². The van der Waals surface area contributed by atoms with Crippen LogP contribution in [-0.2, 0) is 0 Å². The molecule has 1 saturated heterocycles. The first kappa shape index (κ1) is 13.2. The minimum atomic E-state index is 0.158. The molecule has 3 rings (SSSR count). The Bertz CT molecular complexity index is 617. The maximum absolute atomic E-state index is 12.7. The molecule has 1 aliphatic rings. The van der Waals surface area contributed by atoms with Gasteiger partial charge in [-0.3, -0.25) is 4.79 Å². The highest BCUT2D eigenvalue weighted by molar-refractivity contribution is 5.98. The monoisotopic (exact) mass is 271 g/mol. The summed E-state index contributed by atoms with van der Waals surface area (Å²) in [7, 11) is 4.12. The van der Waals surface area contributed by atoms with E-state index in [4.69, 9.17) is 0 Å². The fourth-order valence-electron chi connectivity index (χ4n) is 3.06. The second kappa shape index (κ2) is 5.29. The predicted molar refractivity (Wildman–Crippen MR) is 80.9 cm³/mol. The minimum absolute atomic E-state index is 0.158. The first-order valence-corrected chi connectivity index (χ1v) is 7.18. The van der Waals surface area contributed by atoms with E-state index < -0.39 is 0 Å². The SMILES string of the molecule is CN(C)CC1CCCN1C(=O)c1ccc2cc[nH]c2c1. The first-order valence-electron chi connectivity index (χ1n) is 7.18. The molecule has 1 unspecified atom stereocenters. The molecule has 1 atom stereocenters. The van der Waals surface area contributed by atoms with E-state index in [1.807, 2.05) is 35.4 Å². The van der Waals surface area contributed by atoms with Crippen LogP contribution in [0.2, 0.25) is 0 Å². The molecular formula is C16H21N3O. The lowest BCUT2D eigenvalue weighted by molar-refractivity contribution is 0.0716. The van der Waals surface area contributed by atoms with E-state index in [9.17, 15) is 4.79 Å². The van der Waals surface area contributed by atoms with Crippen LogP contribution in [0.1, 0.15) is 23.2 Å². The maximum Gasteiger partial charge on any atom is 0.254 e. The lowest BCUT2D eigenvalue weighted by atomic mass is 10.1. The molecule has 1 amide bonds.